The Hall–Kier alpha value is -2.91. The monoisotopic (exact) mass is 511 g/mol. The minimum atomic E-state index is -0.249. The number of hydrogen-bond donors (Lipinski definition) is 2. The van der Waals surface area contributed by atoms with E-state index in [1.165, 1.54) is 23.5 Å². The number of benzene rings is 1. The van der Waals surface area contributed by atoms with Gasteiger partial charge >= 0.3 is 5.97 Å². The quantitative estimate of drug-likeness (QED) is 0.356. The molecule has 2 atom stereocenters. The lowest BCUT2D eigenvalue weighted by atomic mass is 10.1. The Labute approximate surface area is 219 Å². The topological polar surface area (TPSA) is 95.9 Å². The summed E-state index contributed by atoms with van der Waals surface area (Å²) in [5.74, 6) is -0.183. The molecule has 2 saturated heterocycles. The lowest BCUT2D eigenvalue weighted by Gasteiger charge is -2.31. The van der Waals surface area contributed by atoms with Crippen molar-refractivity contribution in [2.75, 3.05) is 26.2 Å². The van der Waals surface area contributed by atoms with Crippen LogP contribution in [0.2, 0.25) is 0 Å². The maximum atomic E-state index is 13.5. The SMILES string of the molecule is CCOC(=O)CN1CCC[C@@H]1C(=O)N1CCC[C@H]1CCc1cc2ccc(CNNC(C)=O)cc2n1CC. The largest absolute Gasteiger partial charge is 0.465 e. The van der Waals surface area contributed by atoms with Gasteiger partial charge in [0.15, 0.2) is 0 Å². The van der Waals surface area contributed by atoms with E-state index in [0.717, 1.165) is 63.7 Å². The van der Waals surface area contributed by atoms with Gasteiger partial charge in [-0.25, -0.2) is 5.43 Å². The maximum absolute atomic E-state index is 13.5. The van der Waals surface area contributed by atoms with Crippen LogP contribution in [-0.4, -0.2) is 70.5 Å². The van der Waals surface area contributed by atoms with Crippen LogP contribution in [0.15, 0.2) is 24.3 Å². The van der Waals surface area contributed by atoms with Crippen molar-refractivity contribution in [3.05, 3.63) is 35.5 Å². The van der Waals surface area contributed by atoms with Gasteiger partial charge in [-0.2, -0.15) is 0 Å². The molecule has 2 fully saturated rings. The Bertz CT molecular complexity index is 1110. The number of fused-ring (bicyclic) bond motifs is 1. The molecule has 2 aliphatic rings. The molecule has 202 valence electrons. The number of carbonyl (C=O) groups is 3. The summed E-state index contributed by atoms with van der Waals surface area (Å²) in [6.07, 6.45) is 5.65. The van der Waals surface area contributed by atoms with E-state index in [1.807, 2.05) is 11.8 Å². The predicted molar refractivity (Wildman–Crippen MR) is 143 cm³/mol. The predicted octanol–water partition coefficient (Wildman–Crippen LogP) is 2.75. The molecule has 2 aliphatic heterocycles. The number of nitrogens with zero attached hydrogens (tertiary/aromatic N) is 3. The number of amides is 2. The van der Waals surface area contributed by atoms with Gasteiger partial charge in [0.2, 0.25) is 11.8 Å². The van der Waals surface area contributed by atoms with Gasteiger partial charge in [0.25, 0.3) is 0 Å². The Morgan fingerprint density at radius 2 is 1.89 bits per heavy atom. The molecule has 1 aromatic carbocycles. The van der Waals surface area contributed by atoms with Gasteiger partial charge < -0.3 is 14.2 Å². The van der Waals surface area contributed by atoms with Crippen molar-refractivity contribution in [3.63, 3.8) is 0 Å². The van der Waals surface area contributed by atoms with E-state index in [2.05, 4.69) is 51.5 Å². The van der Waals surface area contributed by atoms with Gasteiger partial charge in [-0.05, 0) is 82.0 Å². The fourth-order valence-electron chi connectivity index (χ4n) is 5.92. The van der Waals surface area contributed by atoms with Gasteiger partial charge in [-0.3, -0.25) is 24.7 Å². The van der Waals surface area contributed by atoms with E-state index in [0.29, 0.717) is 13.2 Å². The second-order valence-corrected chi connectivity index (χ2v) is 10.1. The Morgan fingerprint density at radius 3 is 2.65 bits per heavy atom. The van der Waals surface area contributed by atoms with Crippen molar-refractivity contribution >= 4 is 28.7 Å². The van der Waals surface area contributed by atoms with E-state index >= 15 is 0 Å². The minimum absolute atomic E-state index is 0.112. The smallest absolute Gasteiger partial charge is 0.320 e. The van der Waals surface area contributed by atoms with Crippen LogP contribution < -0.4 is 10.9 Å². The summed E-state index contributed by atoms with van der Waals surface area (Å²) in [5.41, 5.74) is 9.17. The first-order valence-corrected chi connectivity index (χ1v) is 13.7. The molecular formula is C28H41N5O4. The van der Waals surface area contributed by atoms with Crippen molar-refractivity contribution in [2.45, 2.75) is 84.5 Å². The normalized spacial score (nSPS) is 20.0. The molecule has 2 aromatic rings. The molecule has 0 saturated carbocycles. The van der Waals surface area contributed by atoms with E-state index < -0.39 is 0 Å². The summed E-state index contributed by atoms with van der Waals surface area (Å²) in [7, 11) is 0. The second kappa shape index (κ2) is 12.6. The molecule has 2 amide bonds. The fraction of sp³-hybridized carbons (Fsp3) is 0.607. The van der Waals surface area contributed by atoms with Crippen LogP contribution in [0.5, 0.6) is 0 Å². The van der Waals surface area contributed by atoms with Crippen molar-refractivity contribution in [2.24, 2.45) is 0 Å². The summed E-state index contributed by atoms with van der Waals surface area (Å²) in [6.45, 7) is 9.02. The Balaban J connectivity index is 1.40. The second-order valence-electron chi connectivity index (χ2n) is 10.1. The summed E-state index contributed by atoms with van der Waals surface area (Å²) in [4.78, 5) is 40.8. The molecule has 37 heavy (non-hydrogen) atoms. The fourth-order valence-corrected chi connectivity index (χ4v) is 5.92. The number of likely N-dealkylation sites (tertiary alicyclic amines) is 2. The van der Waals surface area contributed by atoms with Gasteiger partial charge in [0.05, 0.1) is 19.2 Å². The lowest BCUT2D eigenvalue weighted by Crippen LogP contribution is -2.48. The summed E-state index contributed by atoms with van der Waals surface area (Å²) >= 11 is 0. The number of nitrogens with one attached hydrogen (secondary N) is 2. The molecule has 4 rings (SSSR count). The third-order valence-corrected chi connectivity index (χ3v) is 7.61. The summed E-state index contributed by atoms with van der Waals surface area (Å²) in [6, 6.07) is 8.69. The van der Waals surface area contributed by atoms with Crippen LogP contribution in [-0.2, 0) is 38.6 Å². The third kappa shape index (κ3) is 6.51. The van der Waals surface area contributed by atoms with Crippen molar-refractivity contribution < 1.29 is 19.1 Å². The number of esters is 1. The zero-order valence-corrected chi connectivity index (χ0v) is 22.4. The number of aromatic nitrogens is 1. The summed E-state index contributed by atoms with van der Waals surface area (Å²) in [5, 5.41) is 1.21. The van der Waals surface area contributed by atoms with Crippen LogP contribution in [0.1, 0.15) is 64.1 Å². The minimum Gasteiger partial charge on any atom is -0.465 e. The lowest BCUT2D eigenvalue weighted by molar-refractivity contribution is -0.146. The average Bonchev–Trinajstić information content (AvgIpc) is 3.60. The van der Waals surface area contributed by atoms with Crippen molar-refractivity contribution in [3.8, 4) is 0 Å². The molecule has 9 heteroatoms. The average molecular weight is 512 g/mol. The Morgan fingerprint density at radius 1 is 1.08 bits per heavy atom. The molecule has 2 N–H and O–H groups in total. The van der Waals surface area contributed by atoms with Crippen LogP contribution >= 0.6 is 0 Å². The van der Waals surface area contributed by atoms with E-state index in [4.69, 9.17) is 4.74 Å². The van der Waals surface area contributed by atoms with E-state index in [-0.39, 0.29) is 36.4 Å². The molecule has 9 nitrogen and oxygen atoms in total. The zero-order valence-electron chi connectivity index (χ0n) is 22.4. The highest BCUT2D eigenvalue weighted by molar-refractivity contribution is 5.84. The van der Waals surface area contributed by atoms with Crippen LogP contribution in [0.4, 0.5) is 0 Å². The van der Waals surface area contributed by atoms with Crippen molar-refractivity contribution in [1.82, 2.24) is 25.2 Å². The number of hydrogen-bond acceptors (Lipinski definition) is 6. The molecule has 1 aromatic heterocycles. The molecule has 0 aliphatic carbocycles. The van der Waals surface area contributed by atoms with Gasteiger partial charge in [0.1, 0.15) is 0 Å². The maximum Gasteiger partial charge on any atom is 0.320 e. The highest BCUT2D eigenvalue weighted by Crippen LogP contribution is 2.29. The Kier molecular flexibility index (Phi) is 9.21. The third-order valence-electron chi connectivity index (χ3n) is 7.61. The molecule has 0 unspecified atom stereocenters. The van der Waals surface area contributed by atoms with Crippen molar-refractivity contribution in [1.29, 1.82) is 0 Å². The van der Waals surface area contributed by atoms with E-state index in [9.17, 15) is 14.4 Å². The first-order valence-electron chi connectivity index (χ1n) is 13.7. The van der Waals surface area contributed by atoms with Crippen LogP contribution in [0.25, 0.3) is 10.9 Å². The zero-order chi connectivity index (χ0) is 26.4. The molecular weight excluding hydrogens is 470 g/mol. The van der Waals surface area contributed by atoms with Gasteiger partial charge in [-0.1, -0.05) is 12.1 Å². The van der Waals surface area contributed by atoms with Crippen LogP contribution in [0.3, 0.4) is 0 Å². The number of hydrazine groups is 1. The molecule has 3 heterocycles. The number of rotatable bonds is 11. The number of aryl methyl sites for hydroxylation is 2. The molecule has 0 spiro atoms. The standard InChI is InChI=1S/C28H41N5O4/c1-4-32-24(17-22-11-10-21(16-26(22)32)18-29-30-20(3)34)13-12-23-8-6-15-33(23)28(36)25-9-7-14-31(25)19-27(35)37-5-2/h10-11,16-17,23,25,29H,4-9,12-15,18-19H2,1-3H3,(H,30,34)/t23-,25+/m0/s1. The summed E-state index contributed by atoms with van der Waals surface area (Å²) < 4.78 is 7.48. The van der Waals surface area contributed by atoms with Gasteiger partial charge in [-0.15, -0.1) is 0 Å². The molecule has 0 radical (unpaired) electrons. The van der Waals surface area contributed by atoms with Crippen LogP contribution in [0, 0.1) is 0 Å². The highest BCUT2D eigenvalue weighted by Gasteiger charge is 2.38. The van der Waals surface area contributed by atoms with Gasteiger partial charge in [0, 0.05) is 43.8 Å². The highest BCUT2D eigenvalue weighted by atomic mass is 16.5. The van der Waals surface area contributed by atoms with E-state index in [1.54, 1.807) is 0 Å². The first kappa shape index (κ1) is 27.1. The molecule has 0 bridgehead atoms. The number of ether oxygens (including phenoxy) is 1. The first-order chi connectivity index (χ1) is 17.9. The number of carbonyl (C=O) groups excluding carboxylic acids is 3.